The summed E-state index contributed by atoms with van der Waals surface area (Å²) < 4.78 is 29.8. The van der Waals surface area contributed by atoms with Crippen molar-refractivity contribution < 1.29 is 13.2 Å². The summed E-state index contributed by atoms with van der Waals surface area (Å²) in [6.45, 7) is 3.63. The van der Waals surface area contributed by atoms with Crippen molar-refractivity contribution in [3.05, 3.63) is 117 Å². The monoisotopic (exact) mass is 582 g/mol. The van der Waals surface area contributed by atoms with Crippen LogP contribution in [0.25, 0.3) is 5.69 Å². The number of hydrogen-bond donors (Lipinski definition) is 1. The van der Waals surface area contributed by atoms with Crippen LogP contribution in [0.5, 0.6) is 0 Å². The van der Waals surface area contributed by atoms with E-state index in [0.717, 1.165) is 28.2 Å². The largest absolute Gasteiger partial charge is 0.318 e. The van der Waals surface area contributed by atoms with Gasteiger partial charge in [0, 0.05) is 39.2 Å². The van der Waals surface area contributed by atoms with E-state index in [9.17, 15) is 13.2 Å². The Morgan fingerprint density at radius 3 is 2.21 bits per heavy atom. The fraction of sp³-hybridized carbons (Fsp3) is 0.172. The van der Waals surface area contributed by atoms with Crippen molar-refractivity contribution in [2.24, 2.45) is 5.10 Å². The summed E-state index contributed by atoms with van der Waals surface area (Å²) in [7, 11) is -3.89. The van der Waals surface area contributed by atoms with Gasteiger partial charge in [0.15, 0.2) is 0 Å². The lowest BCUT2D eigenvalue weighted by Gasteiger charge is -2.21. The van der Waals surface area contributed by atoms with Crippen molar-refractivity contribution in [2.75, 3.05) is 13.1 Å². The van der Waals surface area contributed by atoms with Gasteiger partial charge in [-0.1, -0.05) is 71.7 Å². The highest BCUT2D eigenvalue weighted by molar-refractivity contribution is 7.89. The molecular formula is C29H28Cl2N4O3S. The van der Waals surface area contributed by atoms with E-state index in [1.54, 1.807) is 24.3 Å². The van der Waals surface area contributed by atoms with Gasteiger partial charge in [-0.15, -0.1) is 0 Å². The highest BCUT2D eigenvalue weighted by Gasteiger charge is 2.26. The van der Waals surface area contributed by atoms with Crippen LogP contribution >= 0.6 is 23.2 Å². The van der Waals surface area contributed by atoms with E-state index in [0.29, 0.717) is 16.5 Å². The van der Waals surface area contributed by atoms with E-state index in [4.69, 9.17) is 23.2 Å². The van der Waals surface area contributed by atoms with Crippen LogP contribution in [-0.4, -0.2) is 42.5 Å². The summed E-state index contributed by atoms with van der Waals surface area (Å²) in [5.41, 5.74) is 6.84. The maximum absolute atomic E-state index is 13.3. The Morgan fingerprint density at radius 2 is 1.56 bits per heavy atom. The fourth-order valence-electron chi connectivity index (χ4n) is 4.28. The minimum atomic E-state index is -3.89. The predicted molar refractivity (Wildman–Crippen MR) is 156 cm³/mol. The first-order valence-corrected chi connectivity index (χ1v) is 14.4. The van der Waals surface area contributed by atoms with Gasteiger partial charge in [-0.25, -0.2) is 13.8 Å². The molecule has 202 valence electrons. The number of sulfonamides is 1. The zero-order valence-corrected chi connectivity index (χ0v) is 23.8. The topological polar surface area (TPSA) is 83.8 Å². The number of benzene rings is 3. The standard InChI is InChI=1S/C29H28Cl2N4O3S/c1-21-15-24(22(2)35(21)27-17-25(30)16-26(31)18-27)19-32-33-29(36)20-34(14-13-23-9-5-3-6-10-23)39(37,38)28-11-7-4-8-12-28/h3-12,15-19H,13-14,20H2,1-2H3,(H,33,36)/b32-19+. The third-order valence-electron chi connectivity index (χ3n) is 6.16. The first-order chi connectivity index (χ1) is 18.6. The molecule has 7 nitrogen and oxygen atoms in total. The third-order valence-corrected chi connectivity index (χ3v) is 8.46. The number of amides is 1. The van der Waals surface area contributed by atoms with Crippen LogP contribution in [0.2, 0.25) is 10.0 Å². The van der Waals surface area contributed by atoms with E-state index >= 15 is 0 Å². The lowest BCUT2D eigenvalue weighted by molar-refractivity contribution is -0.121. The predicted octanol–water partition coefficient (Wildman–Crippen LogP) is 5.78. The quantitative estimate of drug-likeness (QED) is 0.190. The van der Waals surface area contributed by atoms with Gasteiger partial charge in [0.05, 0.1) is 17.7 Å². The van der Waals surface area contributed by atoms with Crippen molar-refractivity contribution in [2.45, 2.75) is 25.2 Å². The number of nitrogens with zero attached hydrogens (tertiary/aromatic N) is 3. The Labute approximate surface area is 238 Å². The lowest BCUT2D eigenvalue weighted by atomic mass is 10.1. The molecule has 10 heteroatoms. The molecule has 0 aliphatic rings. The molecule has 0 unspecified atom stereocenters. The van der Waals surface area contributed by atoms with Crippen molar-refractivity contribution in [1.82, 2.24) is 14.3 Å². The number of carbonyl (C=O) groups is 1. The van der Waals surface area contributed by atoms with Crippen LogP contribution in [0.4, 0.5) is 0 Å². The Bertz CT molecular complexity index is 1570. The molecule has 0 bridgehead atoms. The second-order valence-corrected chi connectivity index (χ2v) is 11.8. The molecule has 3 aromatic carbocycles. The third kappa shape index (κ3) is 7.16. The lowest BCUT2D eigenvalue weighted by Crippen LogP contribution is -2.40. The van der Waals surface area contributed by atoms with E-state index < -0.39 is 15.9 Å². The molecule has 4 aromatic rings. The number of nitrogens with one attached hydrogen (secondary N) is 1. The van der Waals surface area contributed by atoms with E-state index in [-0.39, 0.29) is 18.0 Å². The maximum atomic E-state index is 13.3. The molecule has 0 saturated carbocycles. The van der Waals surface area contributed by atoms with Crippen molar-refractivity contribution >= 4 is 45.3 Å². The number of carbonyl (C=O) groups excluding carboxylic acids is 1. The highest BCUT2D eigenvalue weighted by atomic mass is 35.5. The van der Waals surface area contributed by atoms with Crippen molar-refractivity contribution in [3.8, 4) is 5.69 Å². The van der Waals surface area contributed by atoms with Gasteiger partial charge in [0.25, 0.3) is 5.91 Å². The first kappa shape index (κ1) is 28.6. The number of aryl methyl sites for hydroxylation is 1. The van der Waals surface area contributed by atoms with Gasteiger partial charge < -0.3 is 4.57 Å². The number of hydrazone groups is 1. The molecule has 0 aliphatic carbocycles. The smallest absolute Gasteiger partial charge is 0.255 e. The zero-order chi connectivity index (χ0) is 28.0. The number of rotatable bonds is 10. The van der Waals surface area contributed by atoms with Crippen LogP contribution in [0, 0.1) is 13.8 Å². The van der Waals surface area contributed by atoms with Gasteiger partial charge in [0.1, 0.15) is 0 Å². The average Bonchev–Trinajstić information content (AvgIpc) is 3.19. The molecule has 4 rings (SSSR count). The number of aromatic nitrogens is 1. The van der Waals surface area contributed by atoms with Gasteiger partial charge in [-0.05, 0) is 62.2 Å². The summed E-state index contributed by atoms with van der Waals surface area (Å²) in [6, 6.07) is 24.8. The molecular weight excluding hydrogens is 555 g/mol. The maximum Gasteiger partial charge on any atom is 0.255 e. The van der Waals surface area contributed by atoms with Gasteiger partial charge in [0.2, 0.25) is 10.0 Å². The van der Waals surface area contributed by atoms with E-state index in [1.165, 1.54) is 22.7 Å². The normalized spacial score (nSPS) is 11.8. The van der Waals surface area contributed by atoms with Crippen molar-refractivity contribution in [1.29, 1.82) is 0 Å². The SMILES string of the molecule is Cc1cc(/C=N/NC(=O)CN(CCc2ccccc2)S(=O)(=O)c2ccccc2)c(C)n1-c1cc(Cl)cc(Cl)c1. The van der Waals surface area contributed by atoms with Crippen LogP contribution in [0.3, 0.4) is 0 Å². The molecule has 0 atom stereocenters. The van der Waals surface area contributed by atoms with Gasteiger partial charge >= 0.3 is 0 Å². The summed E-state index contributed by atoms with van der Waals surface area (Å²) in [5, 5.41) is 5.15. The Morgan fingerprint density at radius 1 is 0.949 bits per heavy atom. The molecule has 1 aromatic heterocycles. The Balaban J connectivity index is 1.49. The molecule has 0 spiro atoms. The fourth-order valence-corrected chi connectivity index (χ4v) is 6.21. The Hall–Kier alpha value is -3.43. The molecule has 1 amide bonds. The second kappa shape index (κ2) is 12.6. The van der Waals surface area contributed by atoms with Crippen LogP contribution in [-0.2, 0) is 21.2 Å². The summed E-state index contributed by atoms with van der Waals surface area (Å²) in [4.78, 5) is 12.9. The van der Waals surface area contributed by atoms with Crippen LogP contribution < -0.4 is 5.43 Å². The highest BCUT2D eigenvalue weighted by Crippen LogP contribution is 2.26. The molecule has 1 N–H and O–H groups in total. The molecule has 0 aliphatic heterocycles. The average molecular weight is 584 g/mol. The summed E-state index contributed by atoms with van der Waals surface area (Å²) in [6.07, 6.45) is 1.99. The minimum Gasteiger partial charge on any atom is -0.318 e. The first-order valence-electron chi connectivity index (χ1n) is 12.2. The second-order valence-electron chi connectivity index (χ2n) is 8.97. The molecule has 0 fully saturated rings. The summed E-state index contributed by atoms with van der Waals surface area (Å²) in [5.74, 6) is -0.547. The minimum absolute atomic E-state index is 0.128. The van der Waals surface area contributed by atoms with Crippen molar-refractivity contribution in [3.63, 3.8) is 0 Å². The molecule has 1 heterocycles. The van der Waals surface area contributed by atoms with E-state index in [2.05, 4.69) is 10.5 Å². The van der Waals surface area contributed by atoms with Crippen LogP contribution in [0.1, 0.15) is 22.5 Å². The number of halogens is 2. The van der Waals surface area contributed by atoms with Crippen LogP contribution in [0.15, 0.2) is 94.9 Å². The molecule has 0 saturated heterocycles. The zero-order valence-electron chi connectivity index (χ0n) is 21.5. The molecule has 0 radical (unpaired) electrons. The van der Waals surface area contributed by atoms with Gasteiger partial charge in [-0.2, -0.15) is 9.41 Å². The van der Waals surface area contributed by atoms with E-state index in [1.807, 2.05) is 66.9 Å². The molecule has 39 heavy (non-hydrogen) atoms. The number of hydrogen-bond acceptors (Lipinski definition) is 4. The Kier molecular flexibility index (Phi) is 9.24. The van der Waals surface area contributed by atoms with Gasteiger partial charge in [-0.3, -0.25) is 4.79 Å². The summed E-state index contributed by atoms with van der Waals surface area (Å²) >= 11 is 12.4.